The van der Waals surface area contributed by atoms with Crippen molar-refractivity contribution < 1.29 is 9.53 Å². The zero-order chi connectivity index (χ0) is 16.3. The third-order valence-electron chi connectivity index (χ3n) is 4.98. The molecule has 1 saturated carbocycles. The first-order valence-electron chi connectivity index (χ1n) is 8.96. The number of piperidine rings is 1. The van der Waals surface area contributed by atoms with E-state index in [1.807, 2.05) is 25.7 Å². The Morgan fingerprint density at radius 1 is 1.32 bits per heavy atom. The van der Waals surface area contributed by atoms with Gasteiger partial charge in [0.25, 0.3) is 0 Å². The van der Waals surface area contributed by atoms with Crippen LogP contribution in [0.2, 0.25) is 0 Å². The van der Waals surface area contributed by atoms with Gasteiger partial charge in [-0.3, -0.25) is 0 Å². The van der Waals surface area contributed by atoms with Crippen molar-refractivity contribution in [1.82, 2.24) is 10.2 Å². The highest BCUT2D eigenvalue weighted by molar-refractivity contribution is 5.68. The van der Waals surface area contributed by atoms with E-state index in [0.717, 1.165) is 37.9 Å². The van der Waals surface area contributed by atoms with Crippen LogP contribution < -0.4 is 5.32 Å². The van der Waals surface area contributed by atoms with Gasteiger partial charge in [0, 0.05) is 19.1 Å². The van der Waals surface area contributed by atoms with Gasteiger partial charge < -0.3 is 15.0 Å². The van der Waals surface area contributed by atoms with Gasteiger partial charge in [0.1, 0.15) is 5.60 Å². The second-order valence-corrected chi connectivity index (χ2v) is 8.52. The maximum absolute atomic E-state index is 12.2. The number of ether oxygens (including phenoxy) is 1. The fraction of sp³-hybridized carbons (Fsp3) is 0.944. The van der Waals surface area contributed by atoms with Crippen LogP contribution in [0.15, 0.2) is 0 Å². The van der Waals surface area contributed by atoms with Gasteiger partial charge in [-0.2, -0.15) is 0 Å². The molecule has 2 aliphatic rings. The minimum Gasteiger partial charge on any atom is -0.444 e. The summed E-state index contributed by atoms with van der Waals surface area (Å²) in [5, 5.41) is 3.70. The molecule has 1 unspecified atom stereocenters. The van der Waals surface area contributed by atoms with Gasteiger partial charge in [-0.25, -0.2) is 4.79 Å². The summed E-state index contributed by atoms with van der Waals surface area (Å²) in [6.07, 6.45) is 4.79. The van der Waals surface area contributed by atoms with Crippen LogP contribution >= 0.6 is 0 Å². The molecule has 0 radical (unpaired) electrons. The molecule has 1 atom stereocenters. The number of likely N-dealkylation sites (tertiary alicyclic amines) is 1. The first kappa shape index (κ1) is 17.6. The van der Waals surface area contributed by atoms with Gasteiger partial charge in [-0.1, -0.05) is 13.8 Å². The van der Waals surface area contributed by atoms with Crippen molar-refractivity contribution in [3.05, 3.63) is 0 Å². The monoisotopic (exact) mass is 310 g/mol. The highest BCUT2D eigenvalue weighted by atomic mass is 16.6. The lowest BCUT2D eigenvalue weighted by Crippen LogP contribution is -2.48. The van der Waals surface area contributed by atoms with E-state index in [0.29, 0.717) is 12.0 Å². The molecule has 0 aromatic rings. The molecule has 1 N–H and O–H groups in total. The number of nitrogens with zero attached hydrogens (tertiary/aromatic N) is 1. The summed E-state index contributed by atoms with van der Waals surface area (Å²) in [4.78, 5) is 14.1. The van der Waals surface area contributed by atoms with Crippen molar-refractivity contribution in [3.63, 3.8) is 0 Å². The molecule has 1 heterocycles. The number of hydrogen-bond acceptors (Lipinski definition) is 3. The van der Waals surface area contributed by atoms with E-state index in [9.17, 15) is 4.79 Å². The number of rotatable bonds is 4. The largest absolute Gasteiger partial charge is 0.444 e. The number of hydrogen-bond donors (Lipinski definition) is 1. The van der Waals surface area contributed by atoms with E-state index in [2.05, 4.69) is 19.2 Å². The molecule has 1 saturated heterocycles. The van der Waals surface area contributed by atoms with Crippen LogP contribution in [-0.4, -0.2) is 42.3 Å². The molecule has 4 heteroatoms. The van der Waals surface area contributed by atoms with Crippen molar-refractivity contribution in [1.29, 1.82) is 0 Å². The highest BCUT2D eigenvalue weighted by Gasteiger charge is 2.32. The van der Waals surface area contributed by atoms with E-state index in [1.54, 1.807) is 0 Å². The zero-order valence-corrected chi connectivity index (χ0v) is 15.0. The maximum Gasteiger partial charge on any atom is 0.410 e. The highest BCUT2D eigenvalue weighted by Crippen LogP contribution is 2.33. The number of amides is 1. The van der Waals surface area contributed by atoms with Crippen molar-refractivity contribution in [2.75, 3.05) is 19.6 Å². The first-order chi connectivity index (χ1) is 10.2. The Hall–Kier alpha value is -0.770. The summed E-state index contributed by atoms with van der Waals surface area (Å²) in [5.41, 5.74) is -0.403. The fourth-order valence-corrected chi connectivity index (χ4v) is 3.43. The molecule has 2 rings (SSSR count). The van der Waals surface area contributed by atoms with Crippen LogP contribution in [0.1, 0.15) is 60.3 Å². The van der Waals surface area contributed by atoms with Crippen LogP contribution in [0.3, 0.4) is 0 Å². The Morgan fingerprint density at radius 2 is 2.00 bits per heavy atom. The van der Waals surface area contributed by atoms with Gasteiger partial charge in [0.05, 0.1) is 0 Å². The van der Waals surface area contributed by atoms with Crippen molar-refractivity contribution in [3.8, 4) is 0 Å². The van der Waals surface area contributed by atoms with Crippen LogP contribution in [0, 0.1) is 17.8 Å². The van der Waals surface area contributed by atoms with Gasteiger partial charge in [-0.05, 0) is 70.8 Å². The van der Waals surface area contributed by atoms with Crippen LogP contribution in [0.5, 0.6) is 0 Å². The lowest BCUT2D eigenvalue weighted by atomic mass is 9.73. The molecular formula is C18H34N2O2. The molecular weight excluding hydrogens is 276 g/mol. The third-order valence-corrected chi connectivity index (χ3v) is 4.98. The Morgan fingerprint density at radius 3 is 2.59 bits per heavy atom. The Labute approximate surface area is 136 Å². The normalized spacial score (nSPS) is 29.4. The van der Waals surface area contributed by atoms with Gasteiger partial charge in [0.15, 0.2) is 0 Å². The Bertz CT molecular complexity index is 370. The molecule has 22 heavy (non-hydrogen) atoms. The summed E-state index contributed by atoms with van der Waals surface area (Å²) in [5.74, 6) is 2.29. The molecule has 2 fully saturated rings. The maximum atomic E-state index is 12.2. The number of carbonyl (C=O) groups is 1. The number of carbonyl (C=O) groups excluding carboxylic acids is 1. The molecule has 128 valence electrons. The number of nitrogens with one attached hydrogen (secondary N) is 1. The van der Waals surface area contributed by atoms with E-state index in [1.165, 1.54) is 19.3 Å². The minimum atomic E-state index is -0.403. The van der Waals surface area contributed by atoms with Crippen molar-refractivity contribution in [2.24, 2.45) is 17.8 Å². The summed E-state index contributed by atoms with van der Waals surface area (Å²) in [6, 6.07) is 0.698. The predicted octanol–water partition coefficient (Wildman–Crippen LogP) is 3.66. The minimum absolute atomic E-state index is 0.152. The lowest BCUT2D eigenvalue weighted by Gasteiger charge is -2.40. The molecule has 4 nitrogen and oxygen atoms in total. The SMILES string of the molecule is CC(C)C1CC(NCC2CCCN(C(=O)OC(C)(C)C)C2)C1. The zero-order valence-electron chi connectivity index (χ0n) is 15.0. The molecule has 1 amide bonds. The second kappa shape index (κ2) is 7.20. The lowest BCUT2D eigenvalue weighted by molar-refractivity contribution is 0.0161. The van der Waals surface area contributed by atoms with Gasteiger partial charge in [0.2, 0.25) is 0 Å². The topological polar surface area (TPSA) is 41.6 Å². The van der Waals surface area contributed by atoms with Crippen molar-refractivity contribution in [2.45, 2.75) is 71.9 Å². The average molecular weight is 310 g/mol. The molecule has 0 spiro atoms. The summed E-state index contributed by atoms with van der Waals surface area (Å²) in [6.45, 7) is 13.1. The van der Waals surface area contributed by atoms with Crippen molar-refractivity contribution >= 4 is 6.09 Å². The predicted molar refractivity (Wildman–Crippen MR) is 89.9 cm³/mol. The smallest absolute Gasteiger partial charge is 0.410 e. The molecule has 0 aromatic heterocycles. The van der Waals surface area contributed by atoms with E-state index >= 15 is 0 Å². The molecule has 0 aromatic carbocycles. The second-order valence-electron chi connectivity index (χ2n) is 8.52. The third kappa shape index (κ3) is 5.15. The van der Waals surface area contributed by atoms with Crippen LogP contribution in [0.4, 0.5) is 4.79 Å². The van der Waals surface area contributed by atoms with Crippen LogP contribution in [0.25, 0.3) is 0 Å². The summed E-state index contributed by atoms with van der Waals surface area (Å²) >= 11 is 0. The van der Waals surface area contributed by atoms with Gasteiger partial charge >= 0.3 is 6.09 Å². The van der Waals surface area contributed by atoms with E-state index < -0.39 is 5.60 Å². The molecule has 0 bridgehead atoms. The van der Waals surface area contributed by atoms with Crippen LogP contribution in [-0.2, 0) is 4.74 Å². The Balaban J connectivity index is 1.69. The first-order valence-corrected chi connectivity index (χ1v) is 8.96. The quantitative estimate of drug-likeness (QED) is 0.861. The summed E-state index contributed by atoms with van der Waals surface area (Å²) < 4.78 is 5.49. The fourth-order valence-electron chi connectivity index (χ4n) is 3.43. The Kier molecular flexibility index (Phi) is 5.76. The molecule has 1 aliphatic carbocycles. The standard InChI is InChI=1S/C18H34N2O2/c1-13(2)15-9-16(10-15)19-11-14-7-6-8-20(12-14)17(21)22-18(3,4)5/h13-16,19H,6-12H2,1-5H3. The summed E-state index contributed by atoms with van der Waals surface area (Å²) in [7, 11) is 0. The average Bonchev–Trinajstić information content (AvgIpc) is 2.34. The molecule has 1 aliphatic heterocycles. The van der Waals surface area contributed by atoms with E-state index in [4.69, 9.17) is 4.74 Å². The van der Waals surface area contributed by atoms with E-state index in [-0.39, 0.29) is 6.09 Å². The van der Waals surface area contributed by atoms with Gasteiger partial charge in [-0.15, -0.1) is 0 Å².